The minimum atomic E-state index is -0.608. The van der Waals surface area contributed by atoms with Crippen LogP contribution in [0.15, 0.2) is 54.2 Å². The average Bonchev–Trinajstić information content (AvgIpc) is 2.52. The quantitative estimate of drug-likeness (QED) is 0.459. The Labute approximate surface area is 132 Å². The first-order valence-electron chi connectivity index (χ1n) is 6.73. The molecule has 2 aromatic carbocycles. The fourth-order valence-electron chi connectivity index (χ4n) is 1.84. The third-order valence-corrected chi connectivity index (χ3v) is 3.05. The van der Waals surface area contributed by atoms with Crippen LogP contribution in [0.25, 0.3) is 0 Å². The van der Waals surface area contributed by atoms with Crippen molar-refractivity contribution < 1.29 is 14.3 Å². The second-order valence-electron chi connectivity index (χ2n) is 4.77. The Bertz CT molecular complexity index is 792. The highest BCUT2D eigenvalue weighted by molar-refractivity contribution is 6.06. The molecule has 5 nitrogen and oxygen atoms in total. The average molecular weight is 311 g/mol. The van der Waals surface area contributed by atoms with E-state index in [0.717, 1.165) is 5.56 Å². The fourth-order valence-corrected chi connectivity index (χ4v) is 1.84. The number of aryl methyl sites for hydroxylation is 1. The second kappa shape index (κ2) is 7.09. The summed E-state index contributed by atoms with van der Waals surface area (Å²) in [6, 6.07) is 11.7. The molecular weight excluding hydrogens is 297 g/mol. The Morgan fingerprint density at radius 3 is 2.57 bits per heavy atom. The highest BCUT2D eigenvalue weighted by Crippen LogP contribution is 2.20. The second-order valence-corrected chi connectivity index (χ2v) is 4.77. The number of nitrogens with one attached hydrogen (secondary N) is 2. The fraction of sp³-hybridized carbons (Fsp3) is 0.0588. The monoisotopic (exact) mass is 311 g/mol. The smallest absolute Gasteiger partial charge is 0.267 e. The van der Waals surface area contributed by atoms with Crippen LogP contribution in [0, 0.1) is 24.1 Å². The van der Waals surface area contributed by atoms with Gasteiger partial charge in [0.25, 0.3) is 5.91 Å². The zero-order valence-electron chi connectivity index (χ0n) is 12.3. The van der Waals surface area contributed by atoms with Gasteiger partial charge in [-0.15, -0.1) is 0 Å². The van der Waals surface area contributed by atoms with Crippen LogP contribution in [0.3, 0.4) is 0 Å². The van der Waals surface area contributed by atoms with Gasteiger partial charge in [0.1, 0.15) is 23.2 Å². The van der Waals surface area contributed by atoms with Gasteiger partial charge >= 0.3 is 0 Å². The van der Waals surface area contributed by atoms with Crippen molar-refractivity contribution >= 4 is 17.3 Å². The highest BCUT2D eigenvalue weighted by Gasteiger charge is 2.09. The van der Waals surface area contributed by atoms with Crippen molar-refractivity contribution in [2.75, 3.05) is 10.6 Å². The lowest BCUT2D eigenvalue weighted by Gasteiger charge is -2.07. The summed E-state index contributed by atoms with van der Waals surface area (Å²) in [5.41, 5.74) is 1.67. The topological polar surface area (TPSA) is 85.2 Å². The summed E-state index contributed by atoms with van der Waals surface area (Å²) >= 11 is 0. The minimum absolute atomic E-state index is 0.131. The van der Waals surface area contributed by atoms with E-state index in [9.17, 15) is 14.3 Å². The van der Waals surface area contributed by atoms with Crippen molar-refractivity contribution in [1.29, 1.82) is 5.26 Å². The third-order valence-electron chi connectivity index (χ3n) is 3.05. The summed E-state index contributed by atoms with van der Waals surface area (Å²) in [5, 5.41) is 23.8. The van der Waals surface area contributed by atoms with E-state index in [4.69, 9.17) is 5.26 Å². The Morgan fingerprint density at radius 1 is 1.26 bits per heavy atom. The molecule has 2 aromatic rings. The number of rotatable bonds is 4. The van der Waals surface area contributed by atoms with Crippen LogP contribution in [-0.4, -0.2) is 11.0 Å². The molecule has 2 rings (SSSR count). The molecule has 6 heteroatoms. The number of carbonyl (C=O) groups is 1. The molecule has 0 aromatic heterocycles. The zero-order valence-corrected chi connectivity index (χ0v) is 12.3. The molecule has 0 atom stereocenters. The zero-order chi connectivity index (χ0) is 16.8. The SMILES string of the molecule is Cc1cc(O)ccc1N/C=C(/C#N)C(=O)Nc1ccc(F)cc1. The predicted octanol–water partition coefficient (Wildman–Crippen LogP) is 3.30. The number of phenolic OH excluding ortho intramolecular Hbond substituents is 1. The van der Waals surface area contributed by atoms with E-state index in [0.29, 0.717) is 11.4 Å². The van der Waals surface area contributed by atoms with Gasteiger partial charge in [0, 0.05) is 17.6 Å². The van der Waals surface area contributed by atoms with Gasteiger partial charge in [-0.25, -0.2) is 4.39 Å². The first kappa shape index (κ1) is 16.0. The molecule has 0 aliphatic heterocycles. The molecule has 0 saturated heterocycles. The number of halogens is 1. The molecule has 0 radical (unpaired) electrons. The van der Waals surface area contributed by atoms with Gasteiger partial charge in [0.05, 0.1) is 0 Å². The molecule has 0 unspecified atom stereocenters. The summed E-state index contributed by atoms with van der Waals surface area (Å²) in [4.78, 5) is 12.0. The molecule has 0 aliphatic rings. The first-order chi connectivity index (χ1) is 11.0. The van der Waals surface area contributed by atoms with Gasteiger partial charge in [-0.05, 0) is 55.0 Å². The number of hydrogen-bond acceptors (Lipinski definition) is 4. The molecule has 0 heterocycles. The van der Waals surface area contributed by atoms with E-state index < -0.39 is 11.7 Å². The van der Waals surface area contributed by atoms with Crippen molar-refractivity contribution in [2.24, 2.45) is 0 Å². The summed E-state index contributed by atoms with van der Waals surface area (Å²) in [6.45, 7) is 1.78. The number of nitriles is 1. The predicted molar refractivity (Wildman–Crippen MR) is 85.2 cm³/mol. The molecule has 0 fully saturated rings. The van der Waals surface area contributed by atoms with Crippen LogP contribution in [-0.2, 0) is 4.79 Å². The van der Waals surface area contributed by atoms with E-state index in [2.05, 4.69) is 10.6 Å². The van der Waals surface area contributed by atoms with Gasteiger partial charge in [0.15, 0.2) is 0 Å². The number of nitrogens with zero attached hydrogens (tertiary/aromatic N) is 1. The number of carbonyl (C=O) groups excluding carboxylic acids is 1. The Morgan fingerprint density at radius 2 is 1.96 bits per heavy atom. The number of anilines is 2. The van der Waals surface area contributed by atoms with Crippen LogP contribution >= 0.6 is 0 Å². The van der Waals surface area contributed by atoms with E-state index >= 15 is 0 Å². The Balaban J connectivity index is 2.10. The maximum atomic E-state index is 12.8. The lowest BCUT2D eigenvalue weighted by Crippen LogP contribution is -2.14. The van der Waals surface area contributed by atoms with Crippen LogP contribution in [0.4, 0.5) is 15.8 Å². The van der Waals surface area contributed by atoms with Crippen molar-refractivity contribution in [3.8, 4) is 11.8 Å². The normalized spacial score (nSPS) is 10.7. The molecule has 0 spiro atoms. The van der Waals surface area contributed by atoms with Crippen molar-refractivity contribution in [3.05, 3.63) is 65.6 Å². The van der Waals surface area contributed by atoms with E-state index in [-0.39, 0.29) is 11.3 Å². The first-order valence-corrected chi connectivity index (χ1v) is 6.73. The Kier molecular flexibility index (Phi) is 4.95. The highest BCUT2D eigenvalue weighted by atomic mass is 19.1. The number of hydrogen-bond donors (Lipinski definition) is 3. The standard InChI is InChI=1S/C17H14FN3O2/c1-11-8-15(22)6-7-16(11)20-10-12(9-19)17(23)21-14-4-2-13(18)3-5-14/h2-8,10,20,22H,1H3,(H,21,23)/b12-10-. The maximum Gasteiger partial charge on any atom is 0.267 e. The van der Waals surface area contributed by atoms with Gasteiger partial charge in [0.2, 0.25) is 0 Å². The van der Waals surface area contributed by atoms with E-state index in [1.165, 1.54) is 36.5 Å². The molecule has 0 bridgehead atoms. The largest absolute Gasteiger partial charge is 0.508 e. The lowest BCUT2D eigenvalue weighted by atomic mass is 10.2. The van der Waals surface area contributed by atoms with E-state index in [1.807, 2.05) is 0 Å². The molecule has 0 aliphatic carbocycles. The summed E-state index contributed by atoms with van der Waals surface area (Å²) < 4.78 is 12.8. The number of aromatic hydroxyl groups is 1. The Hall–Kier alpha value is -3.33. The van der Waals surface area contributed by atoms with Gasteiger partial charge in [-0.3, -0.25) is 4.79 Å². The number of phenols is 1. The van der Waals surface area contributed by atoms with E-state index in [1.54, 1.807) is 25.1 Å². The molecule has 23 heavy (non-hydrogen) atoms. The molecule has 1 amide bonds. The molecular formula is C17H14FN3O2. The molecule has 0 saturated carbocycles. The van der Waals surface area contributed by atoms with Crippen LogP contribution in [0.5, 0.6) is 5.75 Å². The minimum Gasteiger partial charge on any atom is -0.508 e. The summed E-state index contributed by atoms with van der Waals surface area (Å²) in [7, 11) is 0. The summed E-state index contributed by atoms with van der Waals surface area (Å²) in [5.74, 6) is -0.891. The van der Waals surface area contributed by atoms with Gasteiger partial charge in [-0.2, -0.15) is 5.26 Å². The van der Waals surface area contributed by atoms with Crippen LogP contribution in [0.2, 0.25) is 0 Å². The molecule has 116 valence electrons. The number of benzene rings is 2. The lowest BCUT2D eigenvalue weighted by molar-refractivity contribution is -0.112. The summed E-state index contributed by atoms with van der Waals surface area (Å²) in [6.07, 6.45) is 1.28. The van der Waals surface area contributed by atoms with Crippen LogP contribution < -0.4 is 10.6 Å². The molecule has 3 N–H and O–H groups in total. The van der Waals surface area contributed by atoms with Crippen LogP contribution in [0.1, 0.15) is 5.56 Å². The van der Waals surface area contributed by atoms with Crippen molar-refractivity contribution in [1.82, 2.24) is 0 Å². The van der Waals surface area contributed by atoms with Crippen molar-refractivity contribution in [3.63, 3.8) is 0 Å². The van der Waals surface area contributed by atoms with Gasteiger partial charge in [-0.1, -0.05) is 0 Å². The van der Waals surface area contributed by atoms with Gasteiger partial charge < -0.3 is 15.7 Å². The number of amides is 1. The van der Waals surface area contributed by atoms with Crippen molar-refractivity contribution in [2.45, 2.75) is 6.92 Å². The third kappa shape index (κ3) is 4.32. The maximum absolute atomic E-state index is 12.8.